The molecule has 5 nitrogen and oxygen atoms in total. The molecule has 0 aliphatic carbocycles. The standard InChI is InChI=1S/C30H25N3O2/c1-21(34)23-11-9-13-25(19-23)24-12-8-10-22(18-24)20-33-28(35)30(32-29(33)31,26-14-4-2-5-15-26)27-16-6-3-7-17-27/h2-19H,20H2,1H3,(H2,31,32). The molecule has 0 bridgehead atoms. The highest BCUT2D eigenvalue weighted by atomic mass is 16.2. The van der Waals surface area contributed by atoms with E-state index >= 15 is 0 Å². The van der Waals surface area contributed by atoms with Crippen LogP contribution in [-0.4, -0.2) is 22.5 Å². The van der Waals surface area contributed by atoms with Crippen molar-refractivity contribution in [1.82, 2.24) is 10.2 Å². The predicted octanol–water partition coefficient (Wildman–Crippen LogP) is 5.37. The maximum Gasteiger partial charge on any atom is 0.264 e. The smallest absolute Gasteiger partial charge is 0.264 e. The quantitative estimate of drug-likeness (QED) is 0.381. The minimum atomic E-state index is -1.16. The van der Waals surface area contributed by atoms with E-state index in [1.165, 1.54) is 4.90 Å². The first kappa shape index (κ1) is 22.3. The van der Waals surface area contributed by atoms with Crippen LogP contribution in [0.15, 0.2) is 109 Å². The molecule has 1 aliphatic rings. The summed E-state index contributed by atoms with van der Waals surface area (Å²) < 4.78 is 0. The van der Waals surface area contributed by atoms with Crippen molar-refractivity contribution in [2.45, 2.75) is 19.0 Å². The van der Waals surface area contributed by atoms with Gasteiger partial charge in [0.1, 0.15) is 0 Å². The van der Waals surface area contributed by atoms with Gasteiger partial charge in [0.05, 0.1) is 6.54 Å². The van der Waals surface area contributed by atoms with Gasteiger partial charge in [0.2, 0.25) is 0 Å². The molecule has 1 amide bonds. The van der Waals surface area contributed by atoms with Crippen molar-refractivity contribution in [2.75, 3.05) is 0 Å². The zero-order valence-electron chi connectivity index (χ0n) is 19.4. The van der Waals surface area contributed by atoms with E-state index in [4.69, 9.17) is 5.41 Å². The maximum absolute atomic E-state index is 14.0. The lowest BCUT2D eigenvalue weighted by atomic mass is 9.82. The van der Waals surface area contributed by atoms with Crippen LogP contribution in [0.1, 0.15) is 34.0 Å². The molecule has 2 N–H and O–H groups in total. The Hall–Kier alpha value is -4.51. The van der Waals surface area contributed by atoms with Crippen molar-refractivity contribution >= 4 is 17.6 Å². The number of carbonyl (C=O) groups is 2. The number of nitrogens with one attached hydrogen (secondary N) is 2. The predicted molar refractivity (Wildman–Crippen MR) is 137 cm³/mol. The molecule has 5 heteroatoms. The van der Waals surface area contributed by atoms with Gasteiger partial charge >= 0.3 is 0 Å². The number of amides is 1. The Balaban J connectivity index is 1.50. The number of carbonyl (C=O) groups excluding carboxylic acids is 2. The Kier molecular flexibility index (Phi) is 5.75. The summed E-state index contributed by atoms with van der Waals surface area (Å²) in [5, 5.41) is 11.9. The van der Waals surface area contributed by atoms with Crippen molar-refractivity contribution in [3.8, 4) is 11.1 Å². The lowest BCUT2D eigenvalue weighted by molar-refractivity contribution is -0.130. The average molecular weight is 460 g/mol. The van der Waals surface area contributed by atoms with Crippen LogP contribution in [0.25, 0.3) is 11.1 Å². The van der Waals surface area contributed by atoms with E-state index in [-0.39, 0.29) is 24.2 Å². The topological polar surface area (TPSA) is 73.3 Å². The highest BCUT2D eigenvalue weighted by molar-refractivity contribution is 6.10. The molecule has 1 fully saturated rings. The molecule has 1 aliphatic heterocycles. The van der Waals surface area contributed by atoms with E-state index in [9.17, 15) is 9.59 Å². The van der Waals surface area contributed by atoms with Crippen LogP contribution in [0.2, 0.25) is 0 Å². The largest absolute Gasteiger partial charge is 0.334 e. The zero-order valence-corrected chi connectivity index (χ0v) is 19.4. The SMILES string of the molecule is CC(=O)c1cccc(-c2cccc(CN3C(=N)NC(c4ccccc4)(c4ccccc4)C3=O)c2)c1. The van der Waals surface area contributed by atoms with Gasteiger partial charge < -0.3 is 5.32 Å². The molecule has 1 saturated heterocycles. The fourth-order valence-corrected chi connectivity index (χ4v) is 4.64. The molecule has 4 aromatic rings. The summed E-state index contributed by atoms with van der Waals surface area (Å²) in [6.45, 7) is 1.81. The molecule has 0 spiro atoms. The van der Waals surface area contributed by atoms with E-state index in [0.717, 1.165) is 27.8 Å². The van der Waals surface area contributed by atoms with Crippen LogP contribution in [0, 0.1) is 5.41 Å². The van der Waals surface area contributed by atoms with E-state index in [2.05, 4.69) is 5.32 Å². The summed E-state index contributed by atoms with van der Waals surface area (Å²) in [4.78, 5) is 27.3. The van der Waals surface area contributed by atoms with Crippen molar-refractivity contribution in [3.05, 3.63) is 131 Å². The Morgan fingerprint density at radius 3 is 1.97 bits per heavy atom. The Bertz CT molecular complexity index is 1370. The monoisotopic (exact) mass is 459 g/mol. The first-order chi connectivity index (χ1) is 17.0. The van der Waals surface area contributed by atoms with Gasteiger partial charge in [-0.3, -0.25) is 19.9 Å². The molecule has 0 aromatic heterocycles. The highest BCUT2D eigenvalue weighted by Gasteiger charge is 2.52. The highest BCUT2D eigenvalue weighted by Crippen LogP contribution is 2.36. The van der Waals surface area contributed by atoms with Crippen LogP contribution in [0.4, 0.5) is 0 Å². The summed E-state index contributed by atoms with van der Waals surface area (Å²) in [6.07, 6.45) is 0. The van der Waals surface area contributed by atoms with Crippen LogP contribution >= 0.6 is 0 Å². The molecule has 35 heavy (non-hydrogen) atoms. The van der Waals surface area contributed by atoms with Crippen molar-refractivity contribution in [1.29, 1.82) is 5.41 Å². The number of benzene rings is 4. The number of hydrogen-bond donors (Lipinski definition) is 2. The first-order valence-electron chi connectivity index (χ1n) is 11.5. The molecule has 0 atom stereocenters. The summed E-state index contributed by atoms with van der Waals surface area (Å²) in [5.74, 6) is -0.112. The van der Waals surface area contributed by atoms with Crippen LogP contribution in [0.3, 0.4) is 0 Å². The number of nitrogens with zero attached hydrogens (tertiary/aromatic N) is 1. The minimum Gasteiger partial charge on any atom is -0.334 e. The number of rotatable bonds is 6. The second-order valence-electron chi connectivity index (χ2n) is 8.68. The number of ketones is 1. The molecule has 0 radical (unpaired) electrons. The third-order valence-corrected chi connectivity index (χ3v) is 6.43. The van der Waals surface area contributed by atoms with Gasteiger partial charge in [-0.1, -0.05) is 97.1 Å². The van der Waals surface area contributed by atoms with Crippen LogP contribution < -0.4 is 5.32 Å². The Labute approximate surface area is 204 Å². The summed E-state index contributed by atoms with van der Waals surface area (Å²) in [6, 6.07) is 34.5. The normalized spacial score (nSPS) is 14.6. The van der Waals surface area contributed by atoms with Gasteiger partial charge in [-0.25, -0.2) is 0 Å². The van der Waals surface area contributed by atoms with E-state index in [1.54, 1.807) is 13.0 Å². The van der Waals surface area contributed by atoms with Crippen LogP contribution in [0.5, 0.6) is 0 Å². The Morgan fingerprint density at radius 1 is 0.800 bits per heavy atom. The van der Waals surface area contributed by atoms with Crippen molar-refractivity contribution < 1.29 is 9.59 Å². The second kappa shape index (κ2) is 9.03. The summed E-state index contributed by atoms with van der Waals surface area (Å²) in [7, 11) is 0. The van der Waals surface area contributed by atoms with E-state index in [0.29, 0.717) is 5.56 Å². The first-order valence-corrected chi connectivity index (χ1v) is 11.5. The van der Waals surface area contributed by atoms with Gasteiger partial charge in [0.15, 0.2) is 17.3 Å². The fraction of sp³-hybridized carbons (Fsp3) is 0.100. The number of Topliss-reactive ketones (excluding diaryl/α,β-unsaturated/α-hetero) is 1. The van der Waals surface area contributed by atoms with Crippen LogP contribution in [-0.2, 0) is 16.9 Å². The minimum absolute atomic E-state index is 0.0170. The number of guanidine groups is 1. The molecular formula is C30H25N3O2. The summed E-state index contributed by atoms with van der Waals surface area (Å²) in [5.41, 5.74) is 3.86. The molecule has 4 aromatic carbocycles. The molecule has 5 rings (SSSR count). The fourth-order valence-electron chi connectivity index (χ4n) is 4.64. The van der Waals surface area contributed by atoms with Gasteiger partial charge in [-0.15, -0.1) is 0 Å². The third-order valence-electron chi connectivity index (χ3n) is 6.43. The summed E-state index contributed by atoms with van der Waals surface area (Å²) >= 11 is 0. The van der Waals surface area contributed by atoms with Gasteiger partial charge in [-0.05, 0) is 46.9 Å². The lowest BCUT2D eigenvalue weighted by Gasteiger charge is -2.28. The maximum atomic E-state index is 14.0. The molecular weight excluding hydrogens is 434 g/mol. The van der Waals surface area contributed by atoms with E-state index in [1.807, 2.05) is 103 Å². The molecule has 1 heterocycles. The molecule has 172 valence electrons. The van der Waals surface area contributed by atoms with Gasteiger partial charge in [0.25, 0.3) is 5.91 Å². The third kappa shape index (κ3) is 4.02. The Morgan fingerprint density at radius 2 is 1.37 bits per heavy atom. The second-order valence-corrected chi connectivity index (χ2v) is 8.68. The average Bonchev–Trinajstić information content (AvgIpc) is 3.15. The van der Waals surface area contributed by atoms with Crippen molar-refractivity contribution in [2.24, 2.45) is 0 Å². The molecule has 0 saturated carbocycles. The molecule has 0 unspecified atom stereocenters. The van der Waals surface area contributed by atoms with Crippen molar-refractivity contribution in [3.63, 3.8) is 0 Å². The van der Waals surface area contributed by atoms with Gasteiger partial charge in [0, 0.05) is 5.56 Å². The van der Waals surface area contributed by atoms with E-state index < -0.39 is 5.54 Å². The lowest BCUT2D eigenvalue weighted by Crippen LogP contribution is -2.45. The zero-order chi connectivity index (χ0) is 24.4. The number of hydrogen-bond acceptors (Lipinski definition) is 3. The van der Waals surface area contributed by atoms with Gasteiger partial charge in [-0.2, -0.15) is 0 Å².